The highest BCUT2D eigenvalue weighted by atomic mass is 35.5. The molecular weight excluding hydrogens is 308 g/mol. The molecule has 0 radical (unpaired) electrons. The van der Waals surface area contributed by atoms with Gasteiger partial charge in [0.2, 0.25) is 0 Å². The summed E-state index contributed by atoms with van der Waals surface area (Å²) < 4.78 is 5.84. The highest BCUT2D eigenvalue weighted by Crippen LogP contribution is 2.35. The molecule has 0 atom stereocenters. The molecule has 3 N–H and O–H groups in total. The Labute approximate surface area is 132 Å². The monoisotopic (exact) mass is 322 g/mol. The molecule has 0 heterocycles. The third-order valence-electron chi connectivity index (χ3n) is 2.88. The maximum absolute atomic E-state index is 8.96. The van der Waals surface area contributed by atoms with Crippen LogP contribution in [-0.4, -0.2) is 17.3 Å². The number of oxime groups is 1. The summed E-state index contributed by atoms with van der Waals surface area (Å²) >= 11 is 7.66. The van der Waals surface area contributed by atoms with Gasteiger partial charge in [-0.1, -0.05) is 28.9 Å². The molecule has 0 aliphatic rings. The molecule has 0 spiro atoms. The molecule has 0 saturated heterocycles. The Bertz CT molecular complexity index is 689. The second-order valence-electron chi connectivity index (χ2n) is 4.35. The summed E-state index contributed by atoms with van der Waals surface area (Å²) in [6.45, 7) is 1.95. The van der Waals surface area contributed by atoms with Crippen molar-refractivity contribution >= 4 is 29.2 Å². The quantitative estimate of drug-likeness (QED) is 0.290. The van der Waals surface area contributed by atoms with Gasteiger partial charge in [0.15, 0.2) is 5.84 Å². The highest BCUT2D eigenvalue weighted by Gasteiger charge is 2.15. The van der Waals surface area contributed by atoms with Gasteiger partial charge in [0, 0.05) is 4.90 Å². The van der Waals surface area contributed by atoms with Gasteiger partial charge in [-0.25, -0.2) is 0 Å². The van der Waals surface area contributed by atoms with Crippen LogP contribution < -0.4 is 10.5 Å². The number of benzene rings is 2. The van der Waals surface area contributed by atoms with Crippen LogP contribution in [0.5, 0.6) is 11.5 Å². The summed E-state index contributed by atoms with van der Waals surface area (Å²) in [7, 11) is 0. The van der Waals surface area contributed by atoms with E-state index in [1.807, 2.05) is 37.4 Å². The van der Waals surface area contributed by atoms with Crippen molar-refractivity contribution in [1.82, 2.24) is 0 Å². The van der Waals surface area contributed by atoms with Crippen LogP contribution in [0.25, 0.3) is 0 Å². The fourth-order valence-corrected chi connectivity index (χ4v) is 2.77. The number of nitrogens with two attached hydrogens (primary N) is 1. The van der Waals surface area contributed by atoms with Crippen LogP contribution >= 0.6 is 23.4 Å². The standard InChI is InChI=1S/C15H15ClN2O2S/c1-9-6-7-11(10(16)8-9)20-12-4-3-5-13(21-2)14(12)15(17)18-19/h3-8,19H,1-2H3,(H2,17,18). The second kappa shape index (κ2) is 6.74. The molecule has 0 aliphatic heterocycles. The average Bonchev–Trinajstić information content (AvgIpc) is 2.49. The number of nitrogens with zero attached hydrogens (tertiary/aromatic N) is 1. The molecular formula is C15H15ClN2O2S. The van der Waals surface area contributed by atoms with Crippen LogP contribution in [0, 0.1) is 6.92 Å². The van der Waals surface area contributed by atoms with Crippen LogP contribution in [0.3, 0.4) is 0 Å². The Hall–Kier alpha value is -1.85. The van der Waals surface area contributed by atoms with E-state index < -0.39 is 0 Å². The van der Waals surface area contributed by atoms with E-state index >= 15 is 0 Å². The largest absolute Gasteiger partial charge is 0.455 e. The number of halogens is 1. The predicted molar refractivity (Wildman–Crippen MR) is 87.0 cm³/mol. The molecule has 0 unspecified atom stereocenters. The van der Waals surface area contributed by atoms with E-state index in [9.17, 15) is 0 Å². The zero-order chi connectivity index (χ0) is 15.4. The Kier molecular flexibility index (Phi) is 4.98. The third-order valence-corrected chi connectivity index (χ3v) is 3.95. The fraction of sp³-hybridized carbons (Fsp3) is 0.133. The van der Waals surface area contributed by atoms with Crippen LogP contribution in [0.1, 0.15) is 11.1 Å². The Morgan fingerprint density at radius 3 is 2.67 bits per heavy atom. The van der Waals surface area contributed by atoms with Crippen molar-refractivity contribution in [3.8, 4) is 11.5 Å². The maximum atomic E-state index is 8.96. The summed E-state index contributed by atoms with van der Waals surface area (Å²) in [5, 5.41) is 12.5. The first kappa shape index (κ1) is 15.5. The SMILES string of the molecule is CSc1cccc(Oc2ccc(C)cc2Cl)c1/C(N)=N/O. The predicted octanol–water partition coefficient (Wildman–Crippen LogP) is 4.26. The molecule has 2 aromatic carbocycles. The first-order valence-corrected chi connectivity index (χ1v) is 7.76. The average molecular weight is 323 g/mol. The molecule has 4 nitrogen and oxygen atoms in total. The summed E-state index contributed by atoms with van der Waals surface area (Å²) in [6, 6.07) is 11.0. The summed E-state index contributed by atoms with van der Waals surface area (Å²) in [5.74, 6) is 1.01. The van der Waals surface area contributed by atoms with Crippen molar-refractivity contribution < 1.29 is 9.94 Å². The molecule has 0 fully saturated rings. The number of hydrogen-bond acceptors (Lipinski definition) is 4. The molecule has 0 aromatic heterocycles. The van der Waals surface area contributed by atoms with E-state index in [0.717, 1.165) is 10.5 Å². The van der Waals surface area contributed by atoms with Crippen LogP contribution in [0.2, 0.25) is 5.02 Å². The normalized spacial score (nSPS) is 11.5. The van der Waals surface area contributed by atoms with Crippen molar-refractivity contribution in [1.29, 1.82) is 0 Å². The highest BCUT2D eigenvalue weighted by molar-refractivity contribution is 7.98. The summed E-state index contributed by atoms with van der Waals surface area (Å²) in [4.78, 5) is 0.853. The molecule has 0 aliphatic carbocycles. The molecule has 2 rings (SSSR count). The van der Waals surface area contributed by atoms with Crippen LogP contribution in [0.4, 0.5) is 0 Å². The zero-order valence-corrected chi connectivity index (χ0v) is 13.2. The lowest BCUT2D eigenvalue weighted by molar-refractivity contribution is 0.318. The first-order chi connectivity index (χ1) is 10.1. The van der Waals surface area contributed by atoms with E-state index in [-0.39, 0.29) is 5.84 Å². The number of hydrogen-bond donors (Lipinski definition) is 2. The van der Waals surface area contributed by atoms with E-state index in [1.54, 1.807) is 12.1 Å². The van der Waals surface area contributed by atoms with Crippen LogP contribution in [0.15, 0.2) is 46.4 Å². The van der Waals surface area contributed by atoms with Gasteiger partial charge in [-0.05, 0) is 43.0 Å². The van der Waals surface area contributed by atoms with E-state index in [1.165, 1.54) is 11.8 Å². The second-order valence-corrected chi connectivity index (χ2v) is 5.61. The number of rotatable bonds is 4. The number of amidine groups is 1. The van der Waals surface area contributed by atoms with Gasteiger partial charge < -0.3 is 15.7 Å². The smallest absolute Gasteiger partial charge is 0.175 e. The van der Waals surface area contributed by atoms with Crippen molar-refractivity contribution in [2.45, 2.75) is 11.8 Å². The van der Waals surface area contributed by atoms with Gasteiger partial charge in [0.1, 0.15) is 11.5 Å². The minimum atomic E-state index is -0.00168. The van der Waals surface area contributed by atoms with Gasteiger partial charge in [0.25, 0.3) is 0 Å². The molecule has 0 saturated carbocycles. The van der Waals surface area contributed by atoms with Gasteiger partial charge in [0.05, 0.1) is 10.6 Å². The van der Waals surface area contributed by atoms with E-state index in [4.69, 9.17) is 27.3 Å². The third kappa shape index (κ3) is 3.43. The zero-order valence-electron chi connectivity index (χ0n) is 11.6. The fourth-order valence-electron chi connectivity index (χ4n) is 1.88. The van der Waals surface area contributed by atoms with Crippen molar-refractivity contribution in [3.63, 3.8) is 0 Å². The van der Waals surface area contributed by atoms with E-state index in [0.29, 0.717) is 22.1 Å². The van der Waals surface area contributed by atoms with E-state index in [2.05, 4.69) is 5.16 Å². The van der Waals surface area contributed by atoms with Crippen molar-refractivity contribution in [2.24, 2.45) is 10.9 Å². The first-order valence-electron chi connectivity index (χ1n) is 6.15. The van der Waals surface area contributed by atoms with Gasteiger partial charge in [-0.2, -0.15) is 0 Å². The molecule has 21 heavy (non-hydrogen) atoms. The van der Waals surface area contributed by atoms with Gasteiger partial charge >= 0.3 is 0 Å². The topological polar surface area (TPSA) is 67.8 Å². The Balaban J connectivity index is 2.49. The van der Waals surface area contributed by atoms with Crippen molar-refractivity contribution in [2.75, 3.05) is 6.26 Å². The summed E-state index contributed by atoms with van der Waals surface area (Å²) in [6.07, 6.45) is 1.91. The maximum Gasteiger partial charge on any atom is 0.175 e. The minimum absolute atomic E-state index is 0.00168. The lowest BCUT2D eigenvalue weighted by Crippen LogP contribution is -2.15. The van der Waals surface area contributed by atoms with Crippen molar-refractivity contribution in [3.05, 3.63) is 52.5 Å². The summed E-state index contributed by atoms with van der Waals surface area (Å²) in [5.41, 5.74) is 7.35. The number of ether oxygens (including phenoxy) is 1. The van der Waals surface area contributed by atoms with Gasteiger partial charge in [-0.15, -0.1) is 11.8 Å². The molecule has 110 valence electrons. The number of aryl methyl sites for hydroxylation is 1. The van der Waals surface area contributed by atoms with Crippen LogP contribution in [-0.2, 0) is 0 Å². The minimum Gasteiger partial charge on any atom is -0.455 e. The molecule has 6 heteroatoms. The van der Waals surface area contributed by atoms with Gasteiger partial charge in [-0.3, -0.25) is 0 Å². The molecule has 0 amide bonds. The lowest BCUT2D eigenvalue weighted by atomic mass is 10.2. The molecule has 2 aromatic rings. The molecule has 0 bridgehead atoms. The number of thioether (sulfide) groups is 1. The Morgan fingerprint density at radius 1 is 1.29 bits per heavy atom. The lowest BCUT2D eigenvalue weighted by Gasteiger charge is -2.14. The Morgan fingerprint density at radius 2 is 2.05 bits per heavy atom.